The van der Waals surface area contributed by atoms with E-state index in [-0.39, 0.29) is 11.7 Å². The number of carbonyl (C=O) groups excluding carboxylic acids is 1. The second-order valence-corrected chi connectivity index (χ2v) is 6.91. The van der Waals surface area contributed by atoms with Crippen LogP contribution in [0.1, 0.15) is 34.3 Å². The summed E-state index contributed by atoms with van der Waals surface area (Å²) in [6.45, 7) is 2.57. The van der Waals surface area contributed by atoms with Crippen LogP contribution in [0.2, 0.25) is 0 Å². The monoisotopic (exact) mass is 354 g/mol. The molecule has 1 heterocycles. The van der Waals surface area contributed by atoms with E-state index in [2.05, 4.69) is 5.32 Å². The third-order valence-corrected chi connectivity index (χ3v) is 5.17. The molecule has 0 unspecified atom stereocenters. The fourth-order valence-corrected chi connectivity index (χ4v) is 3.72. The molecule has 0 atom stereocenters. The standard InChI is InChI=1S/C21H23FN2O2/c22-19-14-18(7-8-20(19)24-9-11-26-12-10-24)23-21(25)17-6-5-15-3-1-2-4-16(15)13-17/h5-8,13-14H,1-4,9-12H2,(H,23,25). The predicted octanol–water partition coefficient (Wildman–Crippen LogP) is 3.79. The lowest BCUT2D eigenvalue weighted by Gasteiger charge is -2.29. The van der Waals surface area contributed by atoms with Crippen LogP contribution in [-0.2, 0) is 17.6 Å². The lowest BCUT2D eigenvalue weighted by Crippen LogP contribution is -2.36. The molecular formula is C21H23FN2O2. The van der Waals surface area contributed by atoms with Crippen molar-refractivity contribution < 1.29 is 13.9 Å². The van der Waals surface area contributed by atoms with Gasteiger partial charge in [0.2, 0.25) is 0 Å². The van der Waals surface area contributed by atoms with E-state index < -0.39 is 0 Å². The molecule has 0 radical (unpaired) electrons. The zero-order valence-electron chi connectivity index (χ0n) is 14.8. The maximum Gasteiger partial charge on any atom is 0.255 e. The normalized spacial score (nSPS) is 16.9. The van der Waals surface area contributed by atoms with Crippen LogP contribution in [0.4, 0.5) is 15.8 Å². The minimum atomic E-state index is -0.324. The van der Waals surface area contributed by atoms with E-state index in [0.29, 0.717) is 43.2 Å². The highest BCUT2D eigenvalue weighted by molar-refractivity contribution is 6.04. The number of halogens is 1. The number of benzene rings is 2. The van der Waals surface area contributed by atoms with Crippen molar-refractivity contribution in [2.75, 3.05) is 36.5 Å². The molecule has 136 valence electrons. The average Bonchev–Trinajstić information content (AvgIpc) is 2.68. The topological polar surface area (TPSA) is 41.6 Å². The second kappa shape index (κ2) is 7.46. The molecule has 2 aromatic rings. The molecule has 4 rings (SSSR count). The number of hydrogen-bond donors (Lipinski definition) is 1. The van der Waals surface area contributed by atoms with E-state index in [1.807, 2.05) is 23.1 Å². The first kappa shape index (κ1) is 17.0. The Labute approximate surface area is 153 Å². The van der Waals surface area contributed by atoms with Crippen LogP contribution in [0.5, 0.6) is 0 Å². The molecule has 1 fully saturated rings. The van der Waals surface area contributed by atoms with Gasteiger partial charge in [0, 0.05) is 24.3 Å². The van der Waals surface area contributed by atoms with Crippen molar-refractivity contribution in [2.24, 2.45) is 0 Å². The van der Waals surface area contributed by atoms with E-state index >= 15 is 0 Å². The summed E-state index contributed by atoms with van der Waals surface area (Å²) in [4.78, 5) is 14.5. The third-order valence-electron chi connectivity index (χ3n) is 5.17. The predicted molar refractivity (Wildman–Crippen MR) is 100 cm³/mol. The smallest absolute Gasteiger partial charge is 0.255 e. The van der Waals surface area contributed by atoms with Crippen LogP contribution >= 0.6 is 0 Å². The first-order valence-electron chi connectivity index (χ1n) is 9.26. The summed E-state index contributed by atoms with van der Waals surface area (Å²) in [6, 6.07) is 10.8. The molecule has 2 aromatic carbocycles. The molecule has 1 N–H and O–H groups in total. The van der Waals surface area contributed by atoms with Gasteiger partial charge in [0.15, 0.2) is 0 Å². The van der Waals surface area contributed by atoms with Crippen LogP contribution in [0.25, 0.3) is 0 Å². The number of fused-ring (bicyclic) bond motifs is 1. The molecule has 0 saturated carbocycles. The molecule has 2 aliphatic rings. The van der Waals surface area contributed by atoms with Gasteiger partial charge in [-0.05, 0) is 67.1 Å². The number of hydrogen-bond acceptors (Lipinski definition) is 3. The number of anilines is 2. The van der Waals surface area contributed by atoms with Gasteiger partial charge in [0.1, 0.15) is 5.82 Å². The van der Waals surface area contributed by atoms with Crippen molar-refractivity contribution in [3.63, 3.8) is 0 Å². The maximum atomic E-state index is 14.5. The lowest BCUT2D eigenvalue weighted by atomic mass is 9.90. The van der Waals surface area contributed by atoms with E-state index in [1.165, 1.54) is 30.0 Å². The Hall–Kier alpha value is -2.40. The Balaban J connectivity index is 1.48. The van der Waals surface area contributed by atoms with Crippen LogP contribution < -0.4 is 10.2 Å². The van der Waals surface area contributed by atoms with Crippen molar-refractivity contribution in [3.05, 3.63) is 58.9 Å². The number of amides is 1. The minimum Gasteiger partial charge on any atom is -0.378 e. The molecule has 1 aliphatic heterocycles. The number of carbonyl (C=O) groups is 1. The number of ether oxygens (including phenoxy) is 1. The quantitative estimate of drug-likeness (QED) is 0.912. The van der Waals surface area contributed by atoms with E-state index in [4.69, 9.17) is 4.74 Å². The van der Waals surface area contributed by atoms with Gasteiger partial charge >= 0.3 is 0 Å². The van der Waals surface area contributed by atoms with Crippen molar-refractivity contribution in [3.8, 4) is 0 Å². The number of nitrogens with one attached hydrogen (secondary N) is 1. The Bertz CT molecular complexity index is 816. The number of rotatable bonds is 3. The summed E-state index contributed by atoms with van der Waals surface area (Å²) in [5.74, 6) is -0.521. The lowest BCUT2D eigenvalue weighted by molar-refractivity contribution is 0.102. The van der Waals surface area contributed by atoms with Gasteiger partial charge < -0.3 is 15.0 Å². The molecule has 0 aromatic heterocycles. The average molecular weight is 354 g/mol. The van der Waals surface area contributed by atoms with Gasteiger partial charge in [0.25, 0.3) is 5.91 Å². The highest BCUT2D eigenvalue weighted by Gasteiger charge is 2.17. The zero-order chi connectivity index (χ0) is 17.9. The van der Waals surface area contributed by atoms with Crippen LogP contribution in [-0.4, -0.2) is 32.2 Å². The fourth-order valence-electron chi connectivity index (χ4n) is 3.72. The first-order valence-corrected chi connectivity index (χ1v) is 9.26. The van der Waals surface area contributed by atoms with Gasteiger partial charge in [-0.25, -0.2) is 4.39 Å². The molecule has 1 aliphatic carbocycles. The zero-order valence-corrected chi connectivity index (χ0v) is 14.8. The second-order valence-electron chi connectivity index (χ2n) is 6.91. The summed E-state index contributed by atoms with van der Waals surface area (Å²) in [7, 11) is 0. The van der Waals surface area contributed by atoms with Crippen molar-refractivity contribution in [1.29, 1.82) is 0 Å². The van der Waals surface area contributed by atoms with E-state index in [9.17, 15) is 9.18 Å². The van der Waals surface area contributed by atoms with Gasteiger partial charge in [0.05, 0.1) is 18.9 Å². The van der Waals surface area contributed by atoms with Gasteiger partial charge in [-0.1, -0.05) is 6.07 Å². The molecule has 26 heavy (non-hydrogen) atoms. The highest BCUT2D eigenvalue weighted by atomic mass is 19.1. The molecule has 5 heteroatoms. The molecular weight excluding hydrogens is 331 g/mol. The largest absolute Gasteiger partial charge is 0.378 e. The maximum absolute atomic E-state index is 14.5. The molecule has 1 amide bonds. The van der Waals surface area contributed by atoms with Gasteiger partial charge in [-0.3, -0.25) is 4.79 Å². The van der Waals surface area contributed by atoms with Crippen LogP contribution in [0.15, 0.2) is 36.4 Å². The fraction of sp³-hybridized carbons (Fsp3) is 0.381. The van der Waals surface area contributed by atoms with Gasteiger partial charge in [-0.15, -0.1) is 0 Å². The molecule has 1 saturated heterocycles. The summed E-state index contributed by atoms with van der Waals surface area (Å²) < 4.78 is 19.8. The summed E-state index contributed by atoms with van der Waals surface area (Å²) in [5.41, 5.74) is 4.26. The summed E-state index contributed by atoms with van der Waals surface area (Å²) in [5, 5.41) is 2.81. The number of morpholine rings is 1. The Morgan fingerprint density at radius 1 is 1.00 bits per heavy atom. The highest BCUT2D eigenvalue weighted by Crippen LogP contribution is 2.25. The third kappa shape index (κ3) is 3.58. The van der Waals surface area contributed by atoms with Crippen molar-refractivity contribution >= 4 is 17.3 Å². The van der Waals surface area contributed by atoms with E-state index in [1.54, 1.807) is 12.1 Å². The van der Waals surface area contributed by atoms with E-state index in [0.717, 1.165) is 12.8 Å². The Morgan fingerprint density at radius 2 is 1.77 bits per heavy atom. The molecule has 0 spiro atoms. The Kier molecular flexibility index (Phi) is 4.89. The minimum absolute atomic E-state index is 0.197. The SMILES string of the molecule is O=C(Nc1ccc(N2CCOCC2)c(F)c1)c1ccc2c(c1)CCCC2. The summed E-state index contributed by atoms with van der Waals surface area (Å²) in [6.07, 6.45) is 4.50. The Morgan fingerprint density at radius 3 is 2.54 bits per heavy atom. The number of nitrogens with zero attached hydrogens (tertiary/aromatic N) is 1. The van der Waals surface area contributed by atoms with Crippen LogP contribution in [0, 0.1) is 5.82 Å². The van der Waals surface area contributed by atoms with Crippen molar-refractivity contribution in [2.45, 2.75) is 25.7 Å². The van der Waals surface area contributed by atoms with Gasteiger partial charge in [-0.2, -0.15) is 0 Å². The number of aryl methyl sites for hydroxylation is 2. The molecule has 4 nitrogen and oxygen atoms in total. The van der Waals surface area contributed by atoms with Crippen molar-refractivity contribution in [1.82, 2.24) is 0 Å². The summed E-state index contributed by atoms with van der Waals surface area (Å²) >= 11 is 0. The first-order chi connectivity index (χ1) is 12.7. The van der Waals surface area contributed by atoms with Crippen LogP contribution in [0.3, 0.4) is 0 Å². The molecule has 0 bridgehead atoms.